The van der Waals surface area contributed by atoms with Crippen molar-refractivity contribution in [3.05, 3.63) is 38.4 Å². The third-order valence-electron chi connectivity index (χ3n) is 3.98. The van der Waals surface area contributed by atoms with Crippen molar-refractivity contribution in [1.82, 2.24) is 0 Å². The molecule has 10 nitrogen and oxygen atoms in total. The lowest BCUT2D eigenvalue weighted by Crippen LogP contribution is -2.28. The Morgan fingerprint density at radius 3 is 2.58 bits per heavy atom. The highest BCUT2D eigenvalue weighted by molar-refractivity contribution is 5.77. The maximum absolute atomic E-state index is 11.2. The number of hydrogen-bond acceptors (Lipinski definition) is 7. The maximum Gasteiger partial charge on any atom is 0.307 e. The molecule has 1 aromatic carbocycles. The van der Waals surface area contributed by atoms with Crippen molar-refractivity contribution in [3.8, 4) is 0 Å². The van der Waals surface area contributed by atoms with E-state index in [1.54, 1.807) is 0 Å². The third kappa shape index (κ3) is 4.03. The van der Waals surface area contributed by atoms with Gasteiger partial charge >= 0.3 is 11.7 Å². The van der Waals surface area contributed by atoms with Crippen molar-refractivity contribution in [2.75, 3.05) is 5.43 Å². The van der Waals surface area contributed by atoms with Crippen LogP contribution in [0.3, 0.4) is 0 Å². The highest BCUT2D eigenvalue weighted by Gasteiger charge is 2.29. The fraction of sp³-hybridized carbons (Fsp3) is 0.429. The number of nitro groups is 2. The molecule has 24 heavy (non-hydrogen) atoms. The largest absolute Gasteiger partial charge is 0.481 e. The van der Waals surface area contributed by atoms with Crippen molar-refractivity contribution >= 4 is 29.2 Å². The van der Waals surface area contributed by atoms with E-state index in [1.807, 2.05) is 0 Å². The molecule has 0 aliphatic heterocycles. The Balaban J connectivity index is 2.14. The van der Waals surface area contributed by atoms with Crippen LogP contribution in [0, 0.1) is 32.1 Å². The summed E-state index contributed by atoms with van der Waals surface area (Å²) in [6.45, 7) is 0. The molecule has 2 N–H and O–H groups in total. The van der Waals surface area contributed by atoms with Crippen molar-refractivity contribution in [1.29, 1.82) is 0 Å². The van der Waals surface area contributed by atoms with Crippen LogP contribution in [0.5, 0.6) is 0 Å². The van der Waals surface area contributed by atoms with Crippen molar-refractivity contribution in [3.63, 3.8) is 0 Å². The van der Waals surface area contributed by atoms with E-state index in [0.717, 1.165) is 25.0 Å². The SMILES string of the molecule is O=C(O)C1CCCCC1C=NNc1ccc([N+](=O)[O-])cc1[N+](=O)[O-]. The molecule has 128 valence electrons. The van der Waals surface area contributed by atoms with E-state index < -0.39 is 33.1 Å². The summed E-state index contributed by atoms with van der Waals surface area (Å²) < 4.78 is 0. The Kier molecular flexibility index (Phi) is 5.40. The predicted molar refractivity (Wildman–Crippen MR) is 84.9 cm³/mol. The van der Waals surface area contributed by atoms with E-state index in [1.165, 1.54) is 12.3 Å². The van der Waals surface area contributed by atoms with E-state index in [0.29, 0.717) is 12.8 Å². The van der Waals surface area contributed by atoms with Gasteiger partial charge in [0.2, 0.25) is 0 Å². The van der Waals surface area contributed by atoms with Gasteiger partial charge in [-0.05, 0) is 18.9 Å². The van der Waals surface area contributed by atoms with Gasteiger partial charge in [-0.2, -0.15) is 5.10 Å². The molecule has 10 heteroatoms. The van der Waals surface area contributed by atoms with Crippen LogP contribution in [0.4, 0.5) is 17.1 Å². The molecule has 0 heterocycles. The number of aliphatic carboxylic acids is 1. The number of hydrazone groups is 1. The number of benzene rings is 1. The normalized spacial score (nSPS) is 20.7. The zero-order valence-electron chi connectivity index (χ0n) is 12.6. The molecular weight excluding hydrogens is 320 g/mol. The lowest BCUT2D eigenvalue weighted by molar-refractivity contribution is -0.393. The van der Waals surface area contributed by atoms with Crippen LogP contribution in [-0.2, 0) is 4.79 Å². The summed E-state index contributed by atoms with van der Waals surface area (Å²) >= 11 is 0. The smallest absolute Gasteiger partial charge is 0.307 e. The number of hydrogen-bond donors (Lipinski definition) is 2. The Bertz CT molecular complexity index is 690. The fourth-order valence-corrected chi connectivity index (χ4v) is 2.73. The minimum Gasteiger partial charge on any atom is -0.481 e. The first-order valence-corrected chi connectivity index (χ1v) is 7.35. The monoisotopic (exact) mass is 336 g/mol. The van der Waals surface area contributed by atoms with Crippen molar-refractivity contribution < 1.29 is 19.7 Å². The van der Waals surface area contributed by atoms with E-state index in [4.69, 9.17) is 0 Å². The number of nitrogens with one attached hydrogen (secondary N) is 1. The molecule has 1 aliphatic rings. The Morgan fingerprint density at radius 1 is 1.25 bits per heavy atom. The minimum absolute atomic E-state index is 0.00420. The number of carboxylic acid groups (broad SMARTS) is 1. The topological polar surface area (TPSA) is 148 Å². The number of rotatable bonds is 6. The first kappa shape index (κ1) is 17.3. The number of carbonyl (C=O) groups is 1. The molecule has 1 aliphatic carbocycles. The number of non-ortho nitro benzene ring substituents is 1. The summed E-state index contributed by atoms with van der Waals surface area (Å²) in [7, 11) is 0. The van der Waals surface area contributed by atoms with Crippen LogP contribution in [0.25, 0.3) is 0 Å². The van der Waals surface area contributed by atoms with Gasteiger partial charge in [0.15, 0.2) is 0 Å². The molecule has 2 unspecified atom stereocenters. The summed E-state index contributed by atoms with van der Waals surface area (Å²) in [6.07, 6.45) is 4.46. The molecule has 0 radical (unpaired) electrons. The van der Waals surface area contributed by atoms with E-state index in [2.05, 4.69) is 10.5 Å². The first-order chi connectivity index (χ1) is 11.4. The standard InChI is InChI=1S/C14H16N4O6/c19-14(20)11-4-2-1-3-9(11)8-15-16-12-6-5-10(17(21)22)7-13(12)18(23)24/h5-9,11,16H,1-4H2,(H,19,20). The Hall–Kier alpha value is -3.04. The lowest BCUT2D eigenvalue weighted by atomic mass is 9.80. The summed E-state index contributed by atoms with van der Waals surface area (Å²) in [5.74, 6) is -1.65. The van der Waals surface area contributed by atoms with Crippen molar-refractivity contribution in [2.45, 2.75) is 25.7 Å². The number of carboxylic acids is 1. The van der Waals surface area contributed by atoms with Crippen LogP contribution in [0.2, 0.25) is 0 Å². The van der Waals surface area contributed by atoms with Gasteiger partial charge in [0.25, 0.3) is 5.69 Å². The highest BCUT2D eigenvalue weighted by Crippen LogP contribution is 2.30. The first-order valence-electron chi connectivity index (χ1n) is 7.35. The molecule has 1 saturated carbocycles. The van der Waals surface area contributed by atoms with E-state index >= 15 is 0 Å². The molecule has 1 fully saturated rings. The van der Waals surface area contributed by atoms with Crippen LogP contribution in [-0.4, -0.2) is 27.1 Å². The zero-order valence-corrected chi connectivity index (χ0v) is 12.6. The predicted octanol–water partition coefficient (Wildman–Crippen LogP) is 2.79. The average Bonchev–Trinajstić information content (AvgIpc) is 2.55. The summed E-state index contributed by atoms with van der Waals surface area (Å²) in [4.78, 5) is 31.4. The fourth-order valence-electron chi connectivity index (χ4n) is 2.73. The second kappa shape index (κ2) is 7.49. The van der Waals surface area contributed by atoms with E-state index in [9.17, 15) is 30.1 Å². The van der Waals surface area contributed by atoms with Crippen LogP contribution < -0.4 is 5.43 Å². The zero-order chi connectivity index (χ0) is 17.7. The summed E-state index contributed by atoms with van der Waals surface area (Å²) in [5, 5.41) is 34.8. The summed E-state index contributed by atoms with van der Waals surface area (Å²) in [6, 6.07) is 3.17. The highest BCUT2D eigenvalue weighted by atomic mass is 16.6. The van der Waals surface area contributed by atoms with Gasteiger partial charge < -0.3 is 5.11 Å². The number of nitrogens with zero attached hydrogens (tertiary/aromatic N) is 3. The van der Waals surface area contributed by atoms with Gasteiger partial charge in [0.1, 0.15) is 5.69 Å². The van der Waals surface area contributed by atoms with Gasteiger partial charge in [0, 0.05) is 18.2 Å². The van der Waals surface area contributed by atoms with Gasteiger partial charge in [0.05, 0.1) is 21.8 Å². The van der Waals surface area contributed by atoms with Gasteiger partial charge in [-0.15, -0.1) is 0 Å². The maximum atomic E-state index is 11.2. The molecule has 0 aromatic heterocycles. The third-order valence-corrected chi connectivity index (χ3v) is 3.98. The number of anilines is 1. The van der Waals surface area contributed by atoms with E-state index in [-0.39, 0.29) is 11.6 Å². The van der Waals surface area contributed by atoms with Gasteiger partial charge in [-0.1, -0.05) is 12.8 Å². The molecule has 2 rings (SSSR count). The molecule has 1 aromatic rings. The molecule has 0 bridgehead atoms. The second-order valence-electron chi connectivity index (χ2n) is 5.50. The van der Waals surface area contributed by atoms with Gasteiger partial charge in [-0.3, -0.25) is 30.4 Å². The molecule has 0 saturated heterocycles. The van der Waals surface area contributed by atoms with Crippen molar-refractivity contribution in [2.24, 2.45) is 16.9 Å². The minimum atomic E-state index is -0.882. The molecule has 0 amide bonds. The Morgan fingerprint density at radius 2 is 1.96 bits per heavy atom. The average molecular weight is 336 g/mol. The quantitative estimate of drug-likeness (QED) is 0.461. The second-order valence-corrected chi connectivity index (χ2v) is 5.50. The number of nitro benzene ring substituents is 2. The Labute approximate surface area is 136 Å². The lowest BCUT2D eigenvalue weighted by Gasteiger charge is -2.25. The van der Waals surface area contributed by atoms with Crippen LogP contribution in [0.1, 0.15) is 25.7 Å². The summed E-state index contributed by atoms with van der Waals surface area (Å²) in [5.41, 5.74) is 1.62. The van der Waals surface area contributed by atoms with Gasteiger partial charge in [-0.25, -0.2) is 0 Å². The molecule has 2 atom stereocenters. The van der Waals surface area contributed by atoms with Crippen LogP contribution >= 0.6 is 0 Å². The molecule has 0 spiro atoms. The van der Waals surface area contributed by atoms with Crippen LogP contribution in [0.15, 0.2) is 23.3 Å². The molecular formula is C14H16N4O6.